The van der Waals surface area contributed by atoms with Crippen LogP contribution >= 0.6 is 0 Å². The Kier molecular flexibility index (Phi) is 5.11. The molecule has 0 aliphatic carbocycles. The molecule has 1 fully saturated rings. The van der Waals surface area contributed by atoms with Gasteiger partial charge in [-0.3, -0.25) is 0 Å². The molecule has 0 spiro atoms. The number of benzene rings is 2. The van der Waals surface area contributed by atoms with Crippen LogP contribution < -0.4 is 10.6 Å². The Bertz CT molecular complexity index is 1100. The second kappa shape index (κ2) is 8.20. The largest absolute Gasteiger partial charge is 0.359 e. The molecule has 5 heteroatoms. The van der Waals surface area contributed by atoms with Crippen LogP contribution in [0.5, 0.6) is 0 Å². The Balaban J connectivity index is 1.66. The number of anilines is 1. The van der Waals surface area contributed by atoms with E-state index in [0.29, 0.717) is 0 Å². The van der Waals surface area contributed by atoms with Gasteiger partial charge in [0.2, 0.25) is 0 Å². The van der Waals surface area contributed by atoms with Gasteiger partial charge in [-0.05, 0) is 49.0 Å². The van der Waals surface area contributed by atoms with Crippen molar-refractivity contribution in [1.29, 1.82) is 0 Å². The molecule has 1 aliphatic heterocycles. The van der Waals surface area contributed by atoms with Crippen molar-refractivity contribution < 1.29 is 0 Å². The van der Waals surface area contributed by atoms with Crippen LogP contribution in [0.15, 0.2) is 85.3 Å². The van der Waals surface area contributed by atoms with E-state index in [4.69, 9.17) is 4.98 Å². The lowest BCUT2D eigenvalue weighted by atomic mass is 9.67. The van der Waals surface area contributed by atoms with Crippen molar-refractivity contribution >= 4 is 16.6 Å². The third-order valence-electron chi connectivity index (χ3n) is 6.20. The minimum absolute atomic E-state index is 0.0958. The van der Waals surface area contributed by atoms with E-state index >= 15 is 0 Å². The minimum atomic E-state index is -0.132. The number of fused-ring (bicyclic) bond motifs is 1. The summed E-state index contributed by atoms with van der Waals surface area (Å²) in [6.45, 7) is 1.92. The van der Waals surface area contributed by atoms with Gasteiger partial charge in [-0.2, -0.15) is 0 Å². The second-order valence-corrected chi connectivity index (χ2v) is 7.84. The van der Waals surface area contributed by atoms with Gasteiger partial charge < -0.3 is 10.6 Å². The number of hydrogen-bond acceptors (Lipinski definition) is 5. The lowest BCUT2D eigenvalue weighted by Crippen LogP contribution is -2.47. The van der Waals surface area contributed by atoms with Gasteiger partial charge in [-0.15, -0.1) is 0 Å². The molecule has 0 radical (unpaired) electrons. The van der Waals surface area contributed by atoms with E-state index in [1.807, 2.05) is 30.7 Å². The molecular formula is C25H25N5. The second-order valence-electron chi connectivity index (χ2n) is 7.84. The maximum Gasteiger partial charge on any atom is 0.151 e. The number of aromatic nitrogens is 3. The number of rotatable bonds is 5. The standard InChI is InChI=1S/C25H25N5/c1-2-8-20(9-3-1)25(12-17-26-18-13-25)22(24-27-14-6-15-28-24)30-23-21-10-5-4-7-19(21)11-16-29-23/h1-11,14-16,22,26H,12-13,17-18H2,(H,29,30). The molecule has 30 heavy (non-hydrogen) atoms. The molecule has 5 rings (SSSR count). The van der Waals surface area contributed by atoms with Crippen molar-refractivity contribution in [2.45, 2.75) is 24.3 Å². The molecule has 2 aromatic carbocycles. The van der Waals surface area contributed by atoms with E-state index in [2.05, 4.69) is 75.2 Å². The minimum Gasteiger partial charge on any atom is -0.359 e. The van der Waals surface area contributed by atoms with E-state index in [9.17, 15) is 0 Å². The number of piperidine rings is 1. The Hall–Kier alpha value is -3.31. The molecule has 5 nitrogen and oxygen atoms in total. The summed E-state index contributed by atoms with van der Waals surface area (Å²) in [7, 11) is 0. The molecule has 1 aliphatic rings. The third kappa shape index (κ3) is 3.42. The number of nitrogens with one attached hydrogen (secondary N) is 2. The fraction of sp³-hybridized carbons (Fsp3) is 0.240. The summed E-state index contributed by atoms with van der Waals surface area (Å²) < 4.78 is 0. The van der Waals surface area contributed by atoms with Crippen LogP contribution in [0, 0.1) is 0 Å². The zero-order chi connectivity index (χ0) is 20.2. The molecule has 2 N–H and O–H groups in total. The smallest absolute Gasteiger partial charge is 0.151 e. The molecule has 4 aromatic rings. The molecule has 3 heterocycles. The molecule has 0 bridgehead atoms. The van der Waals surface area contributed by atoms with Crippen LogP contribution in [0.1, 0.15) is 30.3 Å². The van der Waals surface area contributed by atoms with Crippen molar-refractivity contribution in [2.75, 3.05) is 18.4 Å². The van der Waals surface area contributed by atoms with Gasteiger partial charge in [0.25, 0.3) is 0 Å². The highest BCUT2D eigenvalue weighted by Gasteiger charge is 2.44. The first-order valence-corrected chi connectivity index (χ1v) is 10.5. The molecular weight excluding hydrogens is 370 g/mol. The molecule has 150 valence electrons. The van der Waals surface area contributed by atoms with Crippen molar-refractivity contribution in [3.05, 3.63) is 96.7 Å². The average molecular weight is 396 g/mol. The summed E-state index contributed by atoms with van der Waals surface area (Å²) in [5, 5.41) is 9.59. The van der Waals surface area contributed by atoms with Gasteiger partial charge in [0.1, 0.15) is 5.82 Å². The lowest BCUT2D eigenvalue weighted by molar-refractivity contribution is 0.262. The highest BCUT2D eigenvalue weighted by molar-refractivity contribution is 5.91. The van der Waals surface area contributed by atoms with Crippen molar-refractivity contribution in [3.8, 4) is 0 Å². The highest BCUT2D eigenvalue weighted by Crippen LogP contribution is 2.45. The van der Waals surface area contributed by atoms with Gasteiger partial charge in [0.05, 0.1) is 6.04 Å². The van der Waals surface area contributed by atoms with Gasteiger partial charge in [-0.25, -0.2) is 15.0 Å². The topological polar surface area (TPSA) is 62.7 Å². The third-order valence-corrected chi connectivity index (χ3v) is 6.20. The summed E-state index contributed by atoms with van der Waals surface area (Å²) in [5.74, 6) is 1.68. The van der Waals surface area contributed by atoms with Crippen LogP contribution in [-0.2, 0) is 5.41 Å². The molecule has 0 amide bonds. The fourth-order valence-electron chi connectivity index (χ4n) is 4.67. The summed E-state index contributed by atoms with van der Waals surface area (Å²) in [5.41, 5.74) is 1.18. The predicted molar refractivity (Wildman–Crippen MR) is 120 cm³/mol. The van der Waals surface area contributed by atoms with Crippen molar-refractivity contribution in [3.63, 3.8) is 0 Å². The van der Waals surface area contributed by atoms with E-state index in [1.54, 1.807) is 0 Å². The summed E-state index contributed by atoms with van der Waals surface area (Å²) in [4.78, 5) is 14.1. The molecule has 0 saturated carbocycles. The molecule has 1 saturated heterocycles. The first-order valence-electron chi connectivity index (χ1n) is 10.5. The number of nitrogens with zero attached hydrogens (tertiary/aromatic N) is 3. The van der Waals surface area contributed by atoms with Crippen LogP contribution in [0.2, 0.25) is 0 Å². The van der Waals surface area contributed by atoms with E-state index in [1.165, 1.54) is 10.9 Å². The Morgan fingerprint density at radius 2 is 1.50 bits per heavy atom. The maximum atomic E-state index is 4.71. The quantitative estimate of drug-likeness (QED) is 0.521. The first kappa shape index (κ1) is 18.7. The van der Waals surface area contributed by atoms with Gasteiger partial charge >= 0.3 is 0 Å². The van der Waals surface area contributed by atoms with E-state index in [0.717, 1.165) is 43.0 Å². The van der Waals surface area contributed by atoms with Crippen LogP contribution in [-0.4, -0.2) is 28.0 Å². The zero-order valence-electron chi connectivity index (χ0n) is 16.8. The summed E-state index contributed by atoms with van der Waals surface area (Å²) in [6.07, 6.45) is 7.52. The average Bonchev–Trinajstić information content (AvgIpc) is 2.84. The van der Waals surface area contributed by atoms with E-state index < -0.39 is 0 Å². The van der Waals surface area contributed by atoms with Crippen molar-refractivity contribution in [2.24, 2.45) is 0 Å². The Morgan fingerprint density at radius 1 is 0.767 bits per heavy atom. The summed E-state index contributed by atoms with van der Waals surface area (Å²) in [6, 6.07) is 23.0. The van der Waals surface area contributed by atoms with Crippen LogP contribution in [0.4, 0.5) is 5.82 Å². The van der Waals surface area contributed by atoms with Gasteiger partial charge in [0, 0.05) is 29.4 Å². The SMILES string of the molecule is c1ccc(C2(C(Nc3nccc4ccccc34)c3ncccn3)CCNCC2)cc1. The molecule has 1 unspecified atom stereocenters. The van der Waals surface area contributed by atoms with Crippen molar-refractivity contribution in [1.82, 2.24) is 20.3 Å². The van der Waals surface area contributed by atoms with Crippen LogP contribution in [0.3, 0.4) is 0 Å². The summed E-state index contributed by atoms with van der Waals surface area (Å²) >= 11 is 0. The van der Waals surface area contributed by atoms with E-state index in [-0.39, 0.29) is 11.5 Å². The zero-order valence-corrected chi connectivity index (χ0v) is 16.8. The monoisotopic (exact) mass is 395 g/mol. The van der Waals surface area contributed by atoms with Crippen LogP contribution in [0.25, 0.3) is 10.8 Å². The van der Waals surface area contributed by atoms with Gasteiger partial charge in [0.15, 0.2) is 5.82 Å². The normalized spacial score (nSPS) is 16.8. The Morgan fingerprint density at radius 3 is 2.30 bits per heavy atom. The highest BCUT2D eigenvalue weighted by atomic mass is 15.1. The fourth-order valence-corrected chi connectivity index (χ4v) is 4.67. The van der Waals surface area contributed by atoms with Gasteiger partial charge in [-0.1, -0.05) is 54.6 Å². The Labute approximate surface area is 176 Å². The maximum absolute atomic E-state index is 4.71. The predicted octanol–water partition coefficient (Wildman–Crippen LogP) is 4.50. The number of pyridine rings is 1. The number of hydrogen-bond donors (Lipinski definition) is 2. The molecule has 2 aromatic heterocycles. The lowest BCUT2D eigenvalue weighted by Gasteiger charge is -2.44. The molecule has 1 atom stereocenters. The first-order chi connectivity index (χ1) is 14.9.